The second kappa shape index (κ2) is 4.30. The number of hydrogen-bond acceptors (Lipinski definition) is 2. The number of nitrogens with two attached hydrogens (primary N) is 1. The molecule has 0 saturated carbocycles. The van der Waals surface area contributed by atoms with E-state index in [2.05, 4.69) is 4.98 Å². The summed E-state index contributed by atoms with van der Waals surface area (Å²) < 4.78 is 15.2. The van der Waals surface area contributed by atoms with Crippen LogP contribution in [-0.2, 0) is 13.6 Å². The van der Waals surface area contributed by atoms with E-state index in [1.54, 1.807) is 13.0 Å². The molecule has 0 radical (unpaired) electrons. The predicted molar refractivity (Wildman–Crippen MR) is 66.0 cm³/mol. The fraction of sp³-hybridized carbons (Fsp3) is 0.308. The van der Waals surface area contributed by atoms with Crippen molar-refractivity contribution in [2.75, 3.05) is 0 Å². The van der Waals surface area contributed by atoms with Crippen LogP contribution < -0.4 is 5.73 Å². The third-order valence-electron chi connectivity index (χ3n) is 2.98. The van der Waals surface area contributed by atoms with E-state index in [1.807, 2.05) is 24.6 Å². The molecule has 0 aliphatic carbocycles. The van der Waals surface area contributed by atoms with Crippen LogP contribution in [0.4, 0.5) is 4.39 Å². The molecule has 0 aliphatic rings. The average Bonchev–Trinajstić information content (AvgIpc) is 2.58. The lowest BCUT2D eigenvalue weighted by molar-refractivity contribution is 0.618. The van der Waals surface area contributed by atoms with Gasteiger partial charge < -0.3 is 10.3 Å². The Morgan fingerprint density at radius 2 is 2.06 bits per heavy atom. The van der Waals surface area contributed by atoms with Gasteiger partial charge in [0.05, 0.1) is 17.9 Å². The van der Waals surface area contributed by atoms with E-state index < -0.39 is 0 Å². The van der Waals surface area contributed by atoms with Gasteiger partial charge in [0.25, 0.3) is 0 Å². The van der Waals surface area contributed by atoms with Crippen LogP contribution in [0.5, 0.6) is 0 Å². The van der Waals surface area contributed by atoms with Crippen LogP contribution in [0.2, 0.25) is 0 Å². The Balaban J connectivity index is 2.60. The molecule has 1 aromatic carbocycles. The molecule has 0 spiro atoms. The van der Waals surface area contributed by atoms with Gasteiger partial charge >= 0.3 is 0 Å². The highest BCUT2D eigenvalue weighted by atomic mass is 19.1. The zero-order valence-corrected chi connectivity index (χ0v) is 10.3. The van der Waals surface area contributed by atoms with Crippen LogP contribution in [0.3, 0.4) is 0 Å². The minimum Gasteiger partial charge on any atom is -0.330 e. The topological polar surface area (TPSA) is 43.8 Å². The predicted octanol–water partition coefficient (Wildman–Crippen LogP) is 2.30. The zero-order valence-electron chi connectivity index (χ0n) is 10.3. The van der Waals surface area contributed by atoms with E-state index in [4.69, 9.17) is 5.73 Å². The Hall–Kier alpha value is -1.68. The normalized spacial score (nSPS) is 10.9. The van der Waals surface area contributed by atoms with E-state index >= 15 is 0 Å². The highest BCUT2D eigenvalue weighted by Crippen LogP contribution is 2.25. The van der Waals surface area contributed by atoms with E-state index in [-0.39, 0.29) is 5.82 Å². The van der Waals surface area contributed by atoms with Gasteiger partial charge in [-0.05, 0) is 37.6 Å². The molecular weight excluding hydrogens is 217 g/mol. The van der Waals surface area contributed by atoms with Crippen molar-refractivity contribution in [2.24, 2.45) is 12.8 Å². The van der Waals surface area contributed by atoms with E-state index in [0.29, 0.717) is 12.1 Å². The number of nitrogens with zero attached hydrogens (tertiary/aromatic N) is 2. The Kier molecular flexibility index (Phi) is 2.98. The third-order valence-corrected chi connectivity index (χ3v) is 2.98. The molecule has 0 atom stereocenters. The molecule has 2 N–H and O–H groups in total. The first-order valence-corrected chi connectivity index (χ1v) is 5.53. The van der Waals surface area contributed by atoms with E-state index in [9.17, 15) is 4.39 Å². The molecule has 0 aliphatic heterocycles. The summed E-state index contributed by atoms with van der Waals surface area (Å²) in [5.41, 5.74) is 9.14. The minimum atomic E-state index is -0.187. The maximum Gasteiger partial charge on any atom is 0.126 e. The van der Waals surface area contributed by atoms with Crippen molar-refractivity contribution in [3.63, 3.8) is 0 Å². The van der Waals surface area contributed by atoms with Crippen molar-refractivity contribution in [3.05, 3.63) is 41.1 Å². The first kappa shape index (κ1) is 11.8. The molecule has 3 nitrogen and oxygen atoms in total. The summed E-state index contributed by atoms with van der Waals surface area (Å²) in [5.74, 6) is 0.645. The first-order chi connectivity index (χ1) is 8.04. The number of benzene rings is 1. The van der Waals surface area contributed by atoms with Crippen molar-refractivity contribution in [3.8, 4) is 11.3 Å². The van der Waals surface area contributed by atoms with Gasteiger partial charge in [-0.2, -0.15) is 0 Å². The summed E-state index contributed by atoms with van der Waals surface area (Å²) in [4.78, 5) is 4.40. The van der Waals surface area contributed by atoms with Crippen LogP contribution in [-0.4, -0.2) is 9.55 Å². The number of imidazole rings is 1. The first-order valence-electron chi connectivity index (χ1n) is 5.53. The zero-order chi connectivity index (χ0) is 12.6. The Morgan fingerprint density at radius 3 is 2.59 bits per heavy atom. The van der Waals surface area contributed by atoms with Crippen LogP contribution in [0.25, 0.3) is 11.3 Å². The lowest BCUT2D eigenvalue weighted by atomic mass is 10.1. The molecular formula is C13H16FN3. The highest BCUT2D eigenvalue weighted by Gasteiger charge is 2.13. The standard InChI is InChI=1S/C13H16FN3/c1-8-6-10(4-5-11(8)14)13-9(2)16-12(7-15)17(13)3/h4-6H,7,15H2,1-3H3. The SMILES string of the molecule is Cc1cc(-c2c(C)nc(CN)n2C)ccc1F. The quantitative estimate of drug-likeness (QED) is 0.865. The molecule has 0 fully saturated rings. The van der Waals surface area contributed by atoms with Gasteiger partial charge in [0.1, 0.15) is 11.6 Å². The van der Waals surface area contributed by atoms with Crippen molar-refractivity contribution >= 4 is 0 Å². The van der Waals surface area contributed by atoms with Gasteiger partial charge in [-0.3, -0.25) is 0 Å². The summed E-state index contributed by atoms with van der Waals surface area (Å²) >= 11 is 0. The van der Waals surface area contributed by atoms with Crippen molar-refractivity contribution in [1.29, 1.82) is 0 Å². The number of rotatable bonds is 2. The third kappa shape index (κ3) is 1.96. The highest BCUT2D eigenvalue weighted by molar-refractivity contribution is 5.63. The summed E-state index contributed by atoms with van der Waals surface area (Å²) in [6, 6.07) is 5.09. The largest absolute Gasteiger partial charge is 0.330 e. The molecule has 0 unspecified atom stereocenters. The molecule has 90 valence electrons. The van der Waals surface area contributed by atoms with Gasteiger partial charge in [-0.15, -0.1) is 0 Å². The Labute approximate surface area is 100 Å². The lowest BCUT2D eigenvalue weighted by Crippen LogP contribution is -2.05. The van der Waals surface area contributed by atoms with Gasteiger partial charge in [0.15, 0.2) is 0 Å². The molecule has 0 amide bonds. The van der Waals surface area contributed by atoms with Gasteiger partial charge in [0, 0.05) is 12.6 Å². The number of hydrogen-bond donors (Lipinski definition) is 1. The Bertz CT molecular complexity index is 558. The molecule has 4 heteroatoms. The monoisotopic (exact) mass is 233 g/mol. The molecule has 0 saturated heterocycles. The second-order valence-corrected chi connectivity index (χ2v) is 4.19. The fourth-order valence-electron chi connectivity index (χ4n) is 2.07. The van der Waals surface area contributed by atoms with Crippen molar-refractivity contribution in [2.45, 2.75) is 20.4 Å². The van der Waals surface area contributed by atoms with Crippen molar-refractivity contribution in [1.82, 2.24) is 9.55 Å². The number of halogens is 1. The van der Waals surface area contributed by atoms with Crippen LogP contribution in [0.1, 0.15) is 17.1 Å². The lowest BCUT2D eigenvalue weighted by Gasteiger charge is -2.07. The van der Waals surface area contributed by atoms with Gasteiger partial charge in [-0.1, -0.05) is 0 Å². The summed E-state index contributed by atoms with van der Waals surface area (Å²) in [6.07, 6.45) is 0. The van der Waals surface area contributed by atoms with Gasteiger partial charge in [0.2, 0.25) is 0 Å². The summed E-state index contributed by atoms with van der Waals surface area (Å²) in [7, 11) is 1.93. The minimum absolute atomic E-state index is 0.187. The van der Waals surface area contributed by atoms with E-state index in [0.717, 1.165) is 22.8 Å². The van der Waals surface area contributed by atoms with Crippen molar-refractivity contribution < 1.29 is 4.39 Å². The van der Waals surface area contributed by atoms with Gasteiger partial charge in [-0.25, -0.2) is 9.37 Å². The second-order valence-electron chi connectivity index (χ2n) is 4.19. The summed E-state index contributed by atoms with van der Waals surface area (Å²) in [6.45, 7) is 4.10. The number of aromatic nitrogens is 2. The number of aryl methyl sites for hydroxylation is 2. The van der Waals surface area contributed by atoms with Crippen LogP contribution >= 0.6 is 0 Å². The Morgan fingerprint density at radius 1 is 1.35 bits per heavy atom. The maximum atomic E-state index is 13.2. The summed E-state index contributed by atoms with van der Waals surface area (Å²) in [5, 5.41) is 0. The molecule has 1 aromatic heterocycles. The fourth-order valence-corrected chi connectivity index (χ4v) is 2.07. The molecule has 17 heavy (non-hydrogen) atoms. The van der Waals surface area contributed by atoms with Crippen LogP contribution in [0, 0.1) is 19.7 Å². The molecule has 2 rings (SSSR count). The smallest absolute Gasteiger partial charge is 0.126 e. The average molecular weight is 233 g/mol. The van der Waals surface area contributed by atoms with E-state index in [1.165, 1.54) is 6.07 Å². The maximum absolute atomic E-state index is 13.2. The molecule has 0 bridgehead atoms. The molecule has 2 aromatic rings. The van der Waals surface area contributed by atoms with Crippen LogP contribution in [0.15, 0.2) is 18.2 Å². The molecule has 1 heterocycles.